The largest absolute Gasteiger partial charge is 0.366 e. The minimum atomic E-state index is -4.02. The van der Waals surface area contributed by atoms with Crippen LogP contribution in [0.3, 0.4) is 0 Å². The minimum absolute atomic E-state index is 0.0126. The lowest BCUT2D eigenvalue weighted by molar-refractivity contribution is 0.0997. The van der Waals surface area contributed by atoms with E-state index in [9.17, 15) is 22.4 Å². The molecular weight excluding hydrogens is 397 g/mol. The third-order valence-electron chi connectivity index (χ3n) is 4.88. The highest BCUT2D eigenvalue weighted by Crippen LogP contribution is 2.24. The van der Waals surface area contributed by atoms with Crippen LogP contribution < -0.4 is 11.1 Å². The van der Waals surface area contributed by atoms with Gasteiger partial charge in [0.2, 0.25) is 15.9 Å². The molecule has 2 aromatic carbocycles. The van der Waals surface area contributed by atoms with Crippen molar-refractivity contribution in [1.82, 2.24) is 4.31 Å². The zero-order valence-corrected chi connectivity index (χ0v) is 16.8. The molecule has 154 valence electrons. The van der Waals surface area contributed by atoms with Gasteiger partial charge in [-0.1, -0.05) is 6.42 Å². The van der Waals surface area contributed by atoms with Crippen LogP contribution in [0.2, 0.25) is 0 Å². The number of anilines is 1. The van der Waals surface area contributed by atoms with E-state index in [2.05, 4.69) is 5.32 Å². The summed E-state index contributed by atoms with van der Waals surface area (Å²) in [4.78, 5) is 23.4. The smallest absolute Gasteiger partial charge is 0.255 e. The molecule has 0 aromatic heterocycles. The number of rotatable bonds is 5. The zero-order chi connectivity index (χ0) is 21.2. The molecule has 2 amide bonds. The van der Waals surface area contributed by atoms with E-state index in [4.69, 9.17) is 5.73 Å². The molecule has 1 fully saturated rings. The van der Waals surface area contributed by atoms with Gasteiger partial charge in [0.1, 0.15) is 10.7 Å². The van der Waals surface area contributed by atoms with Crippen LogP contribution in [0.15, 0.2) is 41.3 Å². The van der Waals surface area contributed by atoms with Crippen LogP contribution in [0.5, 0.6) is 0 Å². The molecule has 9 heteroatoms. The van der Waals surface area contributed by atoms with Gasteiger partial charge >= 0.3 is 0 Å². The van der Waals surface area contributed by atoms with Gasteiger partial charge in [0.15, 0.2) is 0 Å². The van der Waals surface area contributed by atoms with Crippen LogP contribution in [0.1, 0.15) is 45.5 Å². The van der Waals surface area contributed by atoms with E-state index in [-0.39, 0.29) is 5.56 Å². The highest BCUT2D eigenvalue weighted by molar-refractivity contribution is 7.89. The molecule has 3 rings (SSSR count). The Labute approximate surface area is 168 Å². The third kappa shape index (κ3) is 4.46. The molecule has 0 bridgehead atoms. The van der Waals surface area contributed by atoms with Crippen molar-refractivity contribution in [3.05, 3.63) is 58.9 Å². The van der Waals surface area contributed by atoms with Crippen molar-refractivity contribution in [3.8, 4) is 0 Å². The molecule has 7 nitrogen and oxygen atoms in total. The molecule has 2 aromatic rings. The van der Waals surface area contributed by atoms with Gasteiger partial charge in [0, 0.05) is 29.9 Å². The number of nitrogens with two attached hydrogens (primary N) is 1. The second-order valence-electron chi connectivity index (χ2n) is 6.96. The third-order valence-corrected chi connectivity index (χ3v) is 6.79. The number of benzene rings is 2. The fraction of sp³-hybridized carbons (Fsp3) is 0.300. The molecule has 0 saturated carbocycles. The summed E-state index contributed by atoms with van der Waals surface area (Å²) >= 11 is 0. The average Bonchev–Trinajstić information content (AvgIpc) is 2.68. The maximum Gasteiger partial charge on any atom is 0.255 e. The summed E-state index contributed by atoms with van der Waals surface area (Å²) in [6, 6.07) is 7.84. The van der Waals surface area contributed by atoms with Gasteiger partial charge in [-0.05, 0) is 61.7 Å². The van der Waals surface area contributed by atoms with E-state index >= 15 is 0 Å². The molecule has 0 atom stereocenters. The van der Waals surface area contributed by atoms with E-state index in [1.807, 2.05) is 0 Å². The highest BCUT2D eigenvalue weighted by Gasteiger charge is 2.29. The van der Waals surface area contributed by atoms with Crippen LogP contribution >= 0.6 is 0 Å². The predicted molar refractivity (Wildman–Crippen MR) is 107 cm³/mol. The summed E-state index contributed by atoms with van der Waals surface area (Å²) in [5.41, 5.74) is 6.60. The van der Waals surface area contributed by atoms with Gasteiger partial charge in [0.05, 0.1) is 0 Å². The molecule has 0 spiro atoms. The highest BCUT2D eigenvalue weighted by atomic mass is 32.2. The Kier molecular flexibility index (Phi) is 5.99. The van der Waals surface area contributed by atoms with Gasteiger partial charge in [0.25, 0.3) is 5.91 Å². The molecule has 1 aliphatic heterocycles. The first-order valence-electron chi connectivity index (χ1n) is 9.21. The minimum Gasteiger partial charge on any atom is -0.366 e. The first kappa shape index (κ1) is 20.9. The molecule has 3 N–H and O–H groups in total. The molecule has 0 radical (unpaired) electrons. The van der Waals surface area contributed by atoms with Crippen LogP contribution in [-0.4, -0.2) is 37.6 Å². The maximum atomic E-state index is 14.3. The number of hydrogen-bond acceptors (Lipinski definition) is 4. The Balaban J connectivity index is 1.86. The molecule has 0 aliphatic carbocycles. The van der Waals surface area contributed by atoms with Gasteiger partial charge in [-0.2, -0.15) is 4.31 Å². The molecule has 1 aliphatic rings. The Morgan fingerprint density at radius 3 is 2.38 bits per heavy atom. The van der Waals surface area contributed by atoms with E-state index in [0.29, 0.717) is 29.9 Å². The van der Waals surface area contributed by atoms with Crippen molar-refractivity contribution in [2.75, 3.05) is 18.4 Å². The van der Waals surface area contributed by atoms with Gasteiger partial charge in [-0.3, -0.25) is 9.59 Å². The topological polar surface area (TPSA) is 110 Å². The van der Waals surface area contributed by atoms with Gasteiger partial charge < -0.3 is 11.1 Å². The number of amides is 2. The normalized spacial score (nSPS) is 15.1. The fourth-order valence-corrected chi connectivity index (χ4v) is 4.92. The Morgan fingerprint density at radius 2 is 1.76 bits per heavy atom. The summed E-state index contributed by atoms with van der Waals surface area (Å²) in [6.45, 7) is 2.35. The van der Waals surface area contributed by atoms with Crippen molar-refractivity contribution >= 4 is 27.5 Å². The fourth-order valence-electron chi connectivity index (χ4n) is 3.31. The summed E-state index contributed by atoms with van der Waals surface area (Å²) in [5, 5.41) is 2.62. The Bertz CT molecular complexity index is 1060. The zero-order valence-electron chi connectivity index (χ0n) is 15.9. The number of piperidine rings is 1. The Hall–Kier alpha value is -2.78. The first-order valence-corrected chi connectivity index (χ1v) is 10.7. The van der Waals surface area contributed by atoms with Crippen molar-refractivity contribution in [2.45, 2.75) is 31.1 Å². The lowest BCUT2D eigenvalue weighted by atomic mass is 10.1. The standard InChI is InChI=1S/C20H22FN3O4S/c1-13-11-15(6-7-16(13)19(22)25)23-20(26)14-5-8-17(21)18(12-14)29(27,28)24-9-3-2-4-10-24/h5-8,11-12H,2-4,9-10H2,1H3,(H2,22,25)(H,23,26). The van der Waals surface area contributed by atoms with Crippen molar-refractivity contribution in [2.24, 2.45) is 5.73 Å². The number of nitrogens with zero attached hydrogens (tertiary/aromatic N) is 1. The molecule has 29 heavy (non-hydrogen) atoms. The number of carbonyl (C=O) groups is 2. The number of aryl methyl sites for hydroxylation is 1. The number of nitrogens with one attached hydrogen (secondary N) is 1. The van der Waals surface area contributed by atoms with E-state index < -0.39 is 32.6 Å². The summed E-state index contributed by atoms with van der Waals surface area (Å²) in [7, 11) is -4.02. The first-order chi connectivity index (χ1) is 13.7. The SMILES string of the molecule is Cc1cc(NC(=O)c2ccc(F)c(S(=O)(=O)N3CCCCC3)c2)ccc1C(N)=O. The number of halogens is 1. The quantitative estimate of drug-likeness (QED) is 0.776. The molecule has 0 unspecified atom stereocenters. The summed E-state index contributed by atoms with van der Waals surface area (Å²) in [6.07, 6.45) is 2.38. The van der Waals surface area contributed by atoms with Crippen LogP contribution in [-0.2, 0) is 10.0 Å². The van der Waals surface area contributed by atoms with Crippen molar-refractivity contribution in [3.63, 3.8) is 0 Å². The maximum absolute atomic E-state index is 14.3. The second-order valence-corrected chi connectivity index (χ2v) is 8.86. The van der Waals surface area contributed by atoms with E-state index in [1.54, 1.807) is 13.0 Å². The summed E-state index contributed by atoms with van der Waals surface area (Å²) in [5.74, 6) is -2.06. The summed E-state index contributed by atoms with van der Waals surface area (Å²) < 4.78 is 41.1. The number of sulfonamides is 1. The van der Waals surface area contributed by atoms with E-state index in [0.717, 1.165) is 31.4 Å². The lowest BCUT2D eigenvalue weighted by Gasteiger charge is -2.26. The predicted octanol–water partition coefficient (Wildman–Crippen LogP) is 2.66. The van der Waals surface area contributed by atoms with Gasteiger partial charge in [-0.25, -0.2) is 12.8 Å². The van der Waals surface area contributed by atoms with Crippen molar-refractivity contribution < 1.29 is 22.4 Å². The molecule has 1 heterocycles. The average molecular weight is 419 g/mol. The lowest BCUT2D eigenvalue weighted by Crippen LogP contribution is -2.36. The molecular formula is C20H22FN3O4S. The number of carbonyl (C=O) groups excluding carboxylic acids is 2. The Morgan fingerprint density at radius 1 is 1.07 bits per heavy atom. The monoisotopic (exact) mass is 419 g/mol. The number of primary amides is 1. The second kappa shape index (κ2) is 8.30. The molecule has 1 saturated heterocycles. The van der Waals surface area contributed by atoms with Crippen LogP contribution in [0.25, 0.3) is 0 Å². The number of hydrogen-bond donors (Lipinski definition) is 2. The van der Waals surface area contributed by atoms with Crippen LogP contribution in [0.4, 0.5) is 10.1 Å². The van der Waals surface area contributed by atoms with E-state index in [1.165, 1.54) is 22.5 Å². The van der Waals surface area contributed by atoms with Crippen molar-refractivity contribution in [1.29, 1.82) is 0 Å². The van der Waals surface area contributed by atoms with Gasteiger partial charge in [-0.15, -0.1) is 0 Å². The van der Waals surface area contributed by atoms with Crippen LogP contribution in [0, 0.1) is 12.7 Å².